The first-order valence-electron chi connectivity index (χ1n) is 9.10. The summed E-state index contributed by atoms with van der Waals surface area (Å²) in [4.78, 5) is 14.8. The van der Waals surface area contributed by atoms with Crippen LogP contribution in [0.3, 0.4) is 0 Å². The smallest absolute Gasteiger partial charge is 0.223 e. The highest BCUT2D eigenvalue weighted by Crippen LogP contribution is 2.52. The second kappa shape index (κ2) is 6.41. The van der Waals surface area contributed by atoms with E-state index < -0.39 is 5.66 Å². The van der Waals surface area contributed by atoms with Crippen LogP contribution in [0.1, 0.15) is 31.4 Å². The molecule has 4 rings (SSSR count). The fraction of sp³-hybridized carbons (Fsp3) is 0.318. The highest BCUT2D eigenvalue weighted by atomic mass is 79.9. The lowest BCUT2D eigenvalue weighted by Gasteiger charge is -2.49. The summed E-state index contributed by atoms with van der Waals surface area (Å²) in [5.41, 5.74) is 2.51. The molecule has 2 aliphatic rings. The average Bonchev–Trinajstić information content (AvgIpc) is 2.85. The molecule has 1 saturated heterocycles. The van der Waals surface area contributed by atoms with Crippen molar-refractivity contribution in [3.63, 3.8) is 0 Å². The number of rotatable bonds is 3. The van der Waals surface area contributed by atoms with Gasteiger partial charge in [-0.05, 0) is 35.9 Å². The maximum atomic E-state index is 12.4. The largest absolute Gasteiger partial charge is 0.496 e. The number of fused-ring (bicyclic) bond motifs is 3. The average molecular weight is 427 g/mol. The number of methoxy groups -OCH3 is 1. The van der Waals surface area contributed by atoms with Crippen molar-refractivity contribution in [1.82, 2.24) is 5.32 Å². The van der Waals surface area contributed by atoms with Crippen LogP contribution in [0, 0.1) is 0 Å². The monoisotopic (exact) mass is 426 g/mol. The first-order valence-corrected chi connectivity index (χ1v) is 9.89. The van der Waals surface area contributed by atoms with Gasteiger partial charge in [0.25, 0.3) is 0 Å². The molecule has 0 aromatic heterocycles. The Balaban J connectivity index is 1.86. The minimum atomic E-state index is -0.612. The minimum Gasteiger partial charge on any atom is -0.496 e. The van der Waals surface area contributed by atoms with E-state index in [2.05, 4.69) is 76.4 Å². The van der Waals surface area contributed by atoms with Crippen LogP contribution < -0.4 is 15.0 Å². The summed E-state index contributed by atoms with van der Waals surface area (Å²) in [6.45, 7) is 5.09. The predicted molar refractivity (Wildman–Crippen MR) is 112 cm³/mol. The molecular formula is C22H23BrN2O2. The predicted octanol–water partition coefficient (Wildman–Crippen LogP) is 4.48. The molecular weight excluding hydrogens is 404 g/mol. The number of hydrogen-bond donors (Lipinski definition) is 1. The molecule has 5 heteroatoms. The number of amides is 1. The van der Waals surface area contributed by atoms with Gasteiger partial charge >= 0.3 is 0 Å². The number of nitrogens with one attached hydrogen (secondary N) is 1. The second-order valence-corrected chi connectivity index (χ2v) is 8.49. The van der Waals surface area contributed by atoms with E-state index in [9.17, 15) is 4.79 Å². The molecule has 2 heterocycles. The van der Waals surface area contributed by atoms with Crippen LogP contribution >= 0.6 is 15.9 Å². The molecule has 0 unspecified atom stereocenters. The van der Waals surface area contributed by atoms with Gasteiger partial charge in [0.05, 0.1) is 7.11 Å². The number of hydrogen-bond acceptors (Lipinski definition) is 3. The number of halogens is 1. The van der Waals surface area contributed by atoms with E-state index in [0.29, 0.717) is 13.0 Å². The molecule has 1 atom stereocenters. The van der Waals surface area contributed by atoms with Crippen molar-refractivity contribution in [3.8, 4) is 5.75 Å². The first kappa shape index (κ1) is 18.1. The molecule has 1 amide bonds. The van der Waals surface area contributed by atoms with E-state index in [4.69, 9.17) is 4.74 Å². The molecule has 0 aliphatic carbocycles. The molecule has 0 saturated carbocycles. The molecule has 1 N–H and O–H groups in total. The van der Waals surface area contributed by atoms with Crippen molar-refractivity contribution < 1.29 is 9.53 Å². The van der Waals surface area contributed by atoms with Gasteiger partial charge in [-0.25, -0.2) is 0 Å². The summed E-state index contributed by atoms with van der Waals surface area (Å²) < 4.78 is 6.50. The van der Waals surface area contributed by atoms with Crippen molar-refractivity contribution in [3.05, 3.63) is 64.1 Å². The van der Waals surface area contributed by atoms with Crippen LogP contribution in [-0.2, 0) is 10.2 Å². The number of carbonyl (C=O) groups is 1. The van der Waals surface area contributed by atoms with Gasteiger partial charge < -0.3 is 15.0 Å². The number of ether oxygens (including phenoxy) is 1. The van der Waals surface area contributed by atoms with Crippen LogP contribution in [0.2, 0.25) is 0 Å². The van der Waals surface area contributed by atoms with Crippen molar-refractivity contribution in [2.75, 3.05) is 18.6 Å². The quantitative estimate of drug-likeness (QED) is 0.785. The van der Waals surface area contributed by atoms with E-state index in [1.54, 1.807) is 7.11 Å². The van der Waals surface area contributed by atoms with Gasteiger partial charge in [-0.15, -0.1) is 0 Å². The molecule has 2 aliphatic heterocycles. The molecule has 0 spiro atoms. The van der Waals surface area contributed by atoms with E-state index in [1.165, 1.54) is 11.3 Å². The summed E-state index contributed by atoms with van der Waals surface area (Å²) in [5.74, 6) is 0.880. The van der Waals surface area contributed by atoms with Crippen LogP contribution in [0.4, 0.5) is 5.69 Å². The summed E-state index contributed by atoms with van der Waals surface area (Å²) in [6, 6.07) is 14.3. The number of anilines is 1. The van der Waals surface area contributed by atoms with Crippen LogP contribution in [0.5, 0.6) is 5.75 Å². The Morgan fingerprint density at radius 2 is 2.00 bits per heavy atom. The Morgan fingerprint density at radius 3 is 2.78 bits per heavy atom. The van der Waals surface area contributed by atoms with Crippen LogP contribution in [0.25, 0.3) is 6.08 Å². The van der Waals surface area contributed by atoms with Gasteiger partial charge in [0.2, 0.25) is 5.91 Å². The zero-order chi connectivity index (χ0) is 19.2. The van der Waals surface area contributed by atoms with Crippen molar-refractivity contribution in [1.29, 1.82) is 0 Å². The lowest BCUT2D eigenvalue weighted by molar-refractivity contribution is -0.124. The Bertz CT molecular complexity index is 938. The summed E-state index contributed by atoms with van der Waals surface area (Å²) in [6.07, 6.45) is 4.67. The normalized spacial score (nSPS) is 23.1. The molecule has 2 aromatic carbocycles. The van der Waals surface area contributed by atoms with Gasteiger partial charge in [0, 0.05) is 34.1 Å². The Labute approximate surface area is 168 Å². The maximum absolute atomic E-state index is 12.4. The Morgan fingerprint density at radius 1 is 1.22 bits per heavy atom. The van der Waals surface area contributed by atoms with Gasteiger partial charge in [0.1, 0.15) is 11.4 Å². The summed E-state index contributed by atoms with van der Waals surface area (Å²) >= 11 is 3.53. The van der Waals surface area contributed by atoms with Gasteiger partial charge in [0.15, 0.2) is 0 Å². The van der Waals surface area contributed by atoms with E-state index in [1.807, 2.05) is 18.2 Å². The van der Waals surface area contributed by atoms with E-state index in [0.717, 1.165) is 15.8 Å². The second-order valence-electron chi connectivity index (χ2n) is 7.58. The standard InChI is InChI=1S/C22H23BrN2O2/c1-21(2)17-6-4-5-7-18(17)25-13-11-20(26)24-22(21,25)12-10-15-14-16(23)8-9-19(15)27-3/h4-10,12,14H,11,13H2,1-3H3,(H,24,26)/b12-10+/t22-/m0/s1. The van der Waals surface area contributed by atoms with E-state index >= 15 is 0 Å². The molecule has 0 radical (unpaired) electrons. The zero-order valence-electron chi connectivity index (χ0n) is 15.8. The Hall–Kier alpha value is -2.27. The fourth-order valence-corrected chi connectivity index (χ4v) is 4.74. The first-order chi connectivity index (χ1) is 12.9. The molecule has 1 fully saturated rings. The molecule has 4 nitrogen and oxygen atoms in total. The molecule has 27 heavy (non-hydrogen) atoms. The van der Waals surface area contributed by atoms with Gasteiger partial charge in [-0.3, -0.25) is 4.79 Å². The zero-order valence-corrected chi connectivity index (χ0v) is 17.3. The third-order valence-electron chi connectivity index (χ3n) is 5.84. The highest BCUT2D eigenvalue weighted by Gasteiger charge is 2.57. The topological polar surface area (TPSA) is 41.6 Å². The maximum Gasteiger partial charge on any atom is 0.223 e. The van der Waals surface area contributed by atoms with Gasteiger partial charge in [-0.2, -0.15) is 0 Å². The fourth-order valence-electron chi connectivity index (χ4n) is 4.36. The van der Waals surface area contributed by atoms with Crippen molar-refractivity contribution in [2.45, 2.75) is 31.3 Å². The number of carbonyl (C=O) groups excluding carboxylic acids is 1. The summed E-state index contributed by atoms with van der Waals surface area (Å²) in [5, 5.41) is 3.30. The minimum absolute atomic E-state index is 0.0815. The van der Waals surface area contributed by atoms with Crippen LogP contribution in [0.15, 0.2) is 53.0 Å². The lowest BCUT2D eigenvalue weighted by Crippen LogP contribution is -2.68. The molecule has 2 aromatic rings. The highest BCUT2D eigenvalue weighted by molar-refractivity contribution is 9.10. The summed E-state index contributed by atoms with van der Waals surface area (Å²) in [7, 11) is 1.67. The van der Waals surface area contributed by atoms with Crippen molar-refractivity contribution in [2.24, 2.45) is 0 Å². The number of benzene rings is 2. The molecule has 0 bridgehead atoms. The van der Waals surface area contributed by atoms with Gasteiger partial charge in [-0.1, -0.05) is 54.1 Å². The lowest BCUT2D eigenvalue weighted by atomic mass is 9.74. The third-order valence-corrected chi connectivity index (χ3v) is 6.33. The van der Waals surface area contributed by atoms with Crippen molar-refractivity contribution >= 4 is 33.6 Å². The SMILES string of the molecule is COc1ccc(Br)cc1/C=C/[C@]12NC(=O)CCN1c1ccccc1C2(C)C. The Kier molecular flexibility index (Phi) is 4.30. The number of para-hydroxylation sites is 1. The van der Waals surface area contributed by atoms with E-state index in [-0.39, 0.29) is 11.3 Å². The third kappa shape index (κ3) is 2.67. The van der Waals surface area contributed by atoms with Crippen LogP contribution in [-0.4, -0.2) is 25.2 Å². The number of nitrogens with zero attached hydrogens (tertiary/aromatic N) is 1. The molecule has 140 valence electrons.